The molecular formula is C20H31NO3. The Balaban J connectivity index is 2.09. The molecule has 0 aromatic heterocycles. The Morgan fingerprint density at radius 3 is 2.79 bits per heavy atom. The Morgan fingerprint density at radius 2 is 2.21 bits per heavy atom. The molecule has 24 heavy (non-hydrogen) atoms. The van der Waals surface area contributed by atoms with Crippen LogP contribution in [0.3, 0.4) is 0 Å². The summed E-state index contributed by atoms with van der Waals surface area (Å²) in [5.41, 5.74) is 1.12. The standard InChI is InChI=1S/C20H31NO3/c1-6-16(4)24-18-10-9-17(12-15(18)3)21-19(22)20(23-5)11-7-8-14(2)13-20/h9-10,12,14,16H,6-8,11,13H2,1-5H3,(H,21,22)/t14-,16-,20-/m1/s1. The number of aryl methyl sites for hydroxylation is 1. The lowest BCUT2D eigenvalue weighted by molar-refractivity contribution is -0.143. The Bertz CT molecular complexity index is 572. The van der Waals surface area contributed by atoms with Gasteiger partial charge in [-0.25, -0.2) is 0 Å². The molecule has 1 aromatic rings. The summed E-state index contributed by atoms with van der Waals surface area (Å²) >= 11 is 0. The molecule has 0 spiro atoms. The van der Waals surface area contributed by atoms with E-state index in [0.717, 1.165) is 42.7 Å². The van der Waals surface area contributed by atoms with Crippen LogP contribution in [0.5, 0.6) is 5.75 Å². The summed E-state index contributed by atoms with van der Waals surface area (Å²) in [6, 6.07) is 5.80. The van der Waals surface area contributed by atoms with Crippen LogP contribution in [0.15, 0.2) is 18.2 Å². The fourth-order valence-corrected chi connectivity index (χ4v) is 3.39. The van der Waals surface area contributed by atoms with Crippen LogP contribution in [0.2, 0.25) is 0 Å². The van der Waals surface area contributed by atoms with E-state index in [1.807, 2.05) is 25.1 Å². The number of carbonyl (C=O) groups excluding carboxylic acids is 1. The number of ether oxygens (including phenoxy) is 2. The Labute approximate surface area is 145 Å². The third-order valence-corrected chi connectivity index (χ3v) is 5.10. The van der Waals surface area contributed by atoms with Gasteiger partial charge in [-0.2, -0.15) is 0 Å². The summed E-state index contributed by atoms with van der Waals surface area (Å²) < 4.78 is 11.6. The van der Waals surface area contributed by atoms with Crippen LogP contribution in [0.25, 0.3) is 0 Å². The minimum absolute atomic E-state index is 0.0356. The van der Waals surface area contributed by atoms with Crippen LogP contribution in [-0.2, 0) is 9.53 Å². The van der Waals surface area contributed by atoms with E-state index in [9.17, 15) is 4.79 Å². The van der Waals surface area contributed by atoms with Crippen molar-refractivity contribution in [1.29, 1.82) is 0 Å². The van der Waals surface area contributed by atoms with E-state index in [1.54, 1.807) is 7.11 Å². The van der Waals surface area contributed by atoms with Crippen molar-refractivity contribution in [2.75, 3.05) is 12.4 Å². The zero-order valence-corrected chi connectivity index (χ0v) is 15.6. The van der Waals surface area contributed by atoms with E-state index in [2.05, 4.69) is 26.1 Å². The van der Waals surface area contributed by atoms with Crippen molar-refractivity contribution in [2.45, 2.75) is 71.5 Å². The van der Waals surface area contributed by atoms with Gasteiger partial charge < -0.3 is 14.8 Å². The summed E-state index contributed by atoms with van der Waals surface area (Å²) in [4.78, 5) is 12.8. The van der Waals surface area contributed by atoms with Gasteiger partial charge in [-0.15, -0.1) is 0 Å². The molecule has 3 atom stereocenters. The maximum absolute atomic E-state index is 12.8. The molecule has 0 radical (unpaired) electrons. The zero-order chi connectivity index (χ0) is 17.7. The number of carbonyl (C=O) groups is 1. The molecule has 4 heteroatoms. The number of nitrogens with one attached hydrogen (secondary N) is 1. The van der Waals surface area contributed by atoms with E-state index in [-0.39, 0.29) is 12.0 Å². The third kappa shape index (κ3) is 4.29. The van der Waals surface area contributed by atoms with Gasteiger partial charge in [0.1, 0.15) is 11.4 Å². The van der Waals surface area contributed by atoms with E-state index >= 15 is 0 Å². The highest BCUT2D eigenvalue weighted by molar-refractivity contribution is 5.97. The SMILES string of the molecule is CC[C@@H](C)Oc1ccc(NC(=O)[C@@]2(OC)CCC[C@@H](C)C2)cc1C. The van der Waals surface area contributed by atoms with Gasteiger partial charge in [0.15, 0.2) is 0 Å². The normalized spacial score (nSPS) is 25.1. The van der Waals surface area contributed by atoms with Gasteiger partial charge in [-0.3, -0.25) is 4.79 Å². The topological polar surface area (TPSA) is 47.6 Å². The molecule has 4 nitrogen and oxygen atoms in total. The summed E-state index contributed by atoms with van der Waals surface area (Å²) in [6.07, 6.45) is 4.91. The fourth-order valence-electron chi connectivity index (χ4n) is 3.39. The van der Waals surface area contributed by atoms with Gasteiger partial charge in [0, 0.05) is 12.8 Å². The lowest BCUT2D eigenvalue weighted by atomic mass is 9.78. The first-order chi connectivity index (χ1) is 11.4. The van der Waals surface area contributed by atoms with Crippen molar-refractivity contribution in [3.63, 3.8) is 0 Å². The van der Waals surface area contributed by atoms with Crippen molar-refractivity contribution in [2.24, 2.45) is 5.92 Å². The molecule has 0 heterocycles. The van der Waals surface area contributed by atoms with Crippen LogP contribution < -0.4 is 10.1 Å². The molecule has 1 saturated carbocycles. The molecule has 134 valence electrons. The number of hydrogen-bond acceptors (Lipinski definition) is 3. The van der Waals surface area contributed by atoms with Gasteiger partial charge in [-0.1, -0.05) is 20.3 Å². The van der Waals surface area contributed by atoms with Crippen LogP contribution >= 0.6 is 0 Å². The first-order valence-electron chi connectivity index (χ1n) is 9.04. The first-order valence-corrected chi connectivity index (χ1v) is 9.04. The maximum atomic E-state index is 12.8. The van der Waals surface area contributed by atoms with Gasteiger partial charge in [0.05, 0.1) is 6.10 Å². The average molecular weight is 333 g/mol. The van der Waals surface area contributed by atoms with Gasteiger partial charge in [0.25, 0.3) is 5.91 Å². The zero-order valence-electron chi connectivity index (χ0n) is 15.6. The first kappa shape index (κ1) is 18.8. The molecule has 1 N–H and O–H groups in total. The second-order valence-electron chi connectivity index (χ2n) is 7.17. The molecular weight excluding hydrogens is 302 g/mol. The molecule has 1 aromatic carbocycles. The van der Waals surface area contributed by atoms with Crippen LogP contribution in [-0.4, -0.2) is 24.7 Å². The predicted octanol–water partition coefficient (Wildman–Crippen LogP) is 4.71. The molecule has 2 rings (SSSR count). The van der Waals surface area contributed by atoms with Crippen LogP contribution in [0, 0.1) is 12.8 Å². The van der Waals surface area contributed by atoms with Crippen molar-refractivity contribution in [3.8, 4) is 5.75 Å². The minimum atomic E-state index is -0.697. The summed E-state index contributed by atoms with van der Waals surface area (Å²) in [5, 5.41) is 3.04. The molecule has 0 aliphatic heterocycles. The largest absolute Gasteiger partial charge is 0.490 e. The monoisotopic (exact) mass is 333 g/mol. The molecule has 0 saturated heterocycles. The minimum Gasteiger partial charge on any atom is -0.490 e. The van der Waals surface area contributed by atoms with Crippen molar-refractivity contribution < 1.29 is 14.3 Å². The number of rotatable bonds is 6. The van der Waals surface area contributed by atoms with Gasteiger partial charge >= 0.3 is 0 Å². The number of anilines is 1. The predicted molar refractivity (Wildman–Crippen MR) is 97.6 cm³/mol. The van der Waals surface area contributed by atoms with Gasteiger partial charge in [-0.05, 0) is 69.2 Å². The summed E-state index contributed by atoms with van der Waals surface area (Å²) in [6.45, 7) is 8.35. The van der Waals surface area contributed by atoms with E-state index in [1.165, 1.54) is 6.42 Å². The highest BCUT2D eigenvalue weighted by Gasteiger charge is 2.42. The molecule has 0 unspecified atom stereocenters. The highest BCUT2D eigenvalue weighted by atomic mass is 16.5. The molecule has 0 bridgehead atoms. The summed E-state index contributed by atoms with van der Waals surface area (Å²) in [7, 11) is 1.64. The Hall–Kier alpha value is -1.55. The maximum Gasteiger partial charge on any atom is 0.256 e. The quantitative estimate of drug-likeness (QED) is 0.820. The van der Waals surface area contributed by atoms with Crippen LogP contribution in [0.4, 0.5) is 5.69 Å². The van der Waals surface area contributed by atoms with Crippen LogP contribution in [0.1, 0.15) is 58.4 Å². The lowest BCUT2D eigenvalue weighted by Gasteiger charge is -2.37. The average Bonchev–Trinajstić information content (AvgIpc) is 2.56. The highest BCUT2D eigenvalue weighted by Crippen LogP contribution is 2.36. The summed E-state index contributed by atoms with van der Waals surface area (Å²) in [5.74, 6) is 1.35. The number of methoxy groups -OCH3 is 1. The molecule has 1 aliphatic carbocycles. The number of amides is 1. The fraction of sp³-hybridized carbons (Fsp3) is 0.650. The second-order valence-corrected chi connectivity index (χ2v) is 7.17. The van der Waals surface area contributed by atoms with Crippen molar-refractivity contribution in [3.05, 3.63) is 23.8 Å². The number of hydrogen-bond donors (Lipinski definition) is 1. The second kappa shape index (κ2) is 8.02. The molecule has 1 fully saturated rings. The van der Waals surface area contributed by atoms with Crippen molar-refractivity contribution in [1.82, 2.24) is 0 Å². The number of benzene rings is 1. The van der Waals surface area contributed by atoms with Crippen molar-refractivity contribution >= 4 is 11.6 Å². The smallest absolute Gasteiger partial charge is 0.256 e. The Morgan fingerprint density at radius 1 is 1.46 bits per heavy atom. The van der Waals surface area contributed by atoms with E-state index in [0.29, 0.717) is 5.92 Å². The van der Waals surface area contributed by atoms with Gasteiger partial charge in [0.2, 0.25) is 0 Å². The Kier molecular flexibility index (Phi) is 6.27. The van der Waals surface area contributed by atoms with E-state index in [4.69, 9.17) is 9.47 Å². The molecule has 1 aliphatic rings. The van der Waals surface area contributed by atoms with E-state index < -0.39 is 5.60 Å². The molecule has 1 amide bonds. The lowest BCUT2D eigenvalue weighted by Crippen LogP contribution is -2.47. The third-order valence-electron chi connectivity index (χ3n) is 5.10.